The number of benzene rings is 2. The van der Waals surface area contributed by atoms with Crippen molar-refractivity contribution in [2.45, 2.75) is 45.7 Å². The van der Waals surface area contributed by atoms with Crippen molar-refractivity contribution in [3.05, 3.63) is 63.8 Å². The minimum Gasteiger partial charge on any atom is -0.508 e. The number of fused-ring (bicyclic) bond motifs is 1. The molecule has 0 radical (unpaired) electrons. The Hall–Kier alpha value is -2.87. The van der Waals surface area contributed by atoms with E-state index in [-0.39, 0.29) is 11.7 Å². The van der Waals surface area contributed by atoms with Crippen molar-refractivity contribution in [1.82, 2.24) is 10.1 Å². The number of nitrogens with zero attached hydrogens (tertiary/aromatic N) is 2. The van der Waals surface area contributed by atoms with Crippen LogP contribution in [0.1, 0.15) is 47.2 Å². The molecular formula is C23H21F3N2O2S. The lowest BCUT2D eigenvalue weighted by Crippen LogP contribution is -2.03. The predicted octanol–water partition coefficient (Wildman–Crippen LogP) is 6.89. The average molecular weight is 446 g/mol. The Bertz CT molecular complexity index is 1220. The molecule has 0 aliphatic rings. The van der Waals surface area contributed by atoms with Gasteiger partial charge >= 0.3 is 6.18 Å². The molecule has 4 aromatic rings. The third-order valence-electron chi connectivity index (χ3n) is 5.19. The summed E-state index contributed by atoms with van der Waals surface area (Å²) in [5, 5.41) is 15.6. The quantitative estimate of drug-likeness (QED) is 0.363. The molecule has 0 bridgehead atoms. The second kappa shape index (κ2) is 8.00. The van der Waals surface area contributed by atoms with Crippen molar-refractivity contribution in [3.8, 4) is 16.3 Å². The number of halogens is 3. The van der Waals surface area contributed by atoms with E-state index in [1.807, 2.05) is 26.8 Å². The standard InChI is InChI=1S/C23H21F3N2O2S/c1-12(2)21-20(9-8-17-16-10-13(3)18(29)11-19(16)30-28-17)31-22(27-21)14-4-6-15(7-5-14)23(24,25)26/h4-7,10-12,29H,8-9H2,1-3H3. The Kier molecular flexibility index (Phi) is 5.51. The van der Waals surface area contributed by atoms with Crippen LogP contribution in [0.4, 0.5) is 13.2 Å². The molecule has 0 saturated heterocycles. The highest BCUT2D eigenvalue weighted by molar-refractivity contribution is 7.15. The van der Waals surface area contributed by atoms with Gasteiger partial charge in [-0.1, -0.05) is 31.1 Å². The molecular weight excluding hydrogens is 425 g/mol. The molecule has 8 heteroatoms. The zero-order valence-electron chi connectivity index (χ0n) is 17.2. The maximum Gasteiger partial charge on any atom is 0.416 e. The Morgan fingerprint density at radius 2 is 1.81 bits per heavy atom. The largest absolute Gasteiger partial charge is 0.508 e. The lowest BCUT2D eigenvalue weighted by molar-refractivity contribution is -0.137. The van der Waals surface area contributed by atoms with Crippen LogP contribution >= 0.6 is 11.3 Å². The summed E-state index contributed by atoms with van der Waals surface area (Å²) in [7, 11) is 0. The number of aromatic nitrogens is 2. The van der Waals surface area contributed by atoms with Crippen LogP contribution in [0.15, 0.2) is 40.9 Å². The molecule has 0 saturated carbocycles. The van der Waals surface area contributed by atoms with Crippen molar-refractivity contribution in [3.63, 3.8) is 0 Å². The third kappa shape index (κ3) is 4.30. The van der Waals surface area contributed by atoms with Crippen LogP contribution < -0.4 is 0 Å². The van der Waals surface area contributed by atoms with Gasteiger partial charge in [0, 0.05) is 21.9 Å². The van der Waals surface area contributed by atoms with E-state index in [1.54, 1.807) is 6.07 Å². The fraction of sp³-hybridized carbons (Fsp3) is 0.304. The summed E-state index contributed by atoms with van der Waals surface area (Å²) < 4.78 is 43.9. The maximum absolute atomic E-state index is 12.8. The van der Waals surface area contributed by atoms with E-state index in [2.05, 4.69) is 5.16 Å². The van der Waals surface area contributed by atoms with Crippen LogP contribution in [0, 0.1) is 6.92 Å². The van der Waals surface area contributed by atoms with Crippen LogP contribution in [0.3, 0.4) is 0 Å². The number of aryl methyl sites for hydroxylation is 3. The summed E-state index contributed by atoms with van der Waals surface area (Å²) in [6, 6.07) is 8.54. The number of phenols is 1. The molecule has 2 aromatic heterocycles. The number of thiazole rings is 1. The lowest BCUT2D eigenvalue weighted by atomic mass is 10.0. The first kappa shape index (κ1) is 21.4. The summed E-state index contributed by atoms with van der Waals surface area (Å²) in [4.78, 5) is 5.80. The van der Waals surface area contributed by atoms with Crippen LogP contribution in [0.25, 0.3) is 21.5 Å². The lowest BCUT2D eigenvalue weighted by Gasteiger charge is -2.06. The first-order valence-corrected chi connectivity index (χ1v) is 10.7. The first-order valence-electron chi connectivity index (χ1n) is 9.88. The van der Waals surface area contributed by atoms with E-state index >= 15 is 0 Å². The van der Waals surface area contributed by atoms with E-state index < -0.39 is 11.7 Å². The van der Waals surface area contributed by atoms with Gasteiger partial charge in [0.25, 0.3) is 0 Å². The molecule has 4 rings (SSSR count). The predicted molar refractivity (Wildman–Crippen MR) is 114 cm³/mol. The topological polar surface area (TPSA) is 59.2 Å². The number of phenolic OH excluding ortho intramolecular Hbond substituents is 1. The fourth-order valence-corrected chi connectivity index (χ4v) is 4.68. The summed E-state index contributed by atoms with van der Waals surface area (Å²) in [6.45, 7) is 5.92. The van der Waals surface area contributed by atoms with Gasteiger partial charge in [0.2, 0.25) is 0 Å². The number of hydrogen-bond donors (Lipinski definition) is 1. The molecule has 1 N–H and O–H groups in total. The van der Waals surface area contributed by atoms with Crippen molar-refractivity contribution in [2.24, 2.45) is 0 Å². The second-order valence-corrected chi connectivity index (χ2v) is 8.90. The van der Waals surface area contributed by atoms with Gasteiger partial charge in [-0.2, -0.15) is 13.2 Å². The highest BCUT2D eigenvalue weighted by Crippen LogP contribution is 2.35. The van der Waals surface area contributed by atoms with E-state index in [0.717, 1.165) is 39.3 Å². The van der Waals surface area contributed by atoms with Gasteiger partial charge in [-0.15, -0.1) is 11.3 Å². The highest BCUT2D eigenvalue weighted by atomic mass is 32.1. The highest BCUT2D eigenvalue weighted by Gasteiger charge is 2.30. The Morgan fingerprint density at radius 1 is 1.10 bits per heavy atom. The molecule has 0 fully saturated rings. The number of hydrogen-bond acceptors (Lipinski definition) is 5. The van der Waals surface area contributed by atoms with Crippen molar-refractivity contribution in [2.75, 3.05) is 0 Å². The minimum absolute atomic E-state index is 0.168. The fourth-order valence-electron chi connectivity index (χ4n) is 3.46. The SMILES string of the molecule is Cc1cc2c(CCc3sc(-c4ccc(C(F)(F)F)cc4)nc3C(C)C)noc2cc1O. The third-order valence-corrected chi connectivity index (χ3v) is 6.37. The molecule has 4 nitrogen and oxygen atoms in total. The molecule has 0 aliphatic carbocycles. The van der Waals surface area contributed by atoms with Crippen molar-refractivity contribution in [1.29, 1.82) is 0 Å². The monoisotopic (exact) mass is 446 g/mol. The second-order valence-electron chi connectivity index (χ2n) is 7.82. The summed E-state index contributed by atoms with van der Waals surface area (Å²) in [5.41, 5.74) is 3.04. The number of rotatable bonds is 5. The minimum atomic E-state index is -4.36. The maximum atomic E-state index is 12.8. The van der Waals surface area contributed by atoms with Gasteiger partial charge < -0.3 is 9.63 Å². The number of aromatic hydroxyl groups is 1. The van der Waals surface area contributed by atoms with E-state index in [1.165, 1.54) is 23.5 Å². The molecule has 0 amide bonds. The van der Waals surface area contributed by atoms with Gasteiger partial charge in [0.15, 0.2) is 5.58 Å². The van der Waals surface area contributed by atoms with Crippen molar-refractivity contribution >= 4 is 22.3 Å². The van der Waals surface area contributed by atoms with E-state index in [4.69, 9.17) is 9.51 Å². The average Bonchev–Trinajstić information content (AvgIpc) is 3.30. The molecule has 0 unspecified atom stereocenters. The van der Waals surface area contributed by atoms with Crippen LogP contribution in [0.5, 0.6) is 5.75 Å². The zero-order valence-corrected chi connectivity index (χ0v) is 18.1. The summed E-state index contributed by atoms with van der Waals surface area (Å²) in [6.07, 6.45) is -3.04. The van der Waals surface area contributed by atoms with Gasteiger partial charge in [-0.05, 0) is 49.4 Å². The van der Waals surface area contributed by atoms with Gasteiger partial charge in [0.1, 0.15) is 10.8 Å². The Balaban J connectivity index is 1.60. The zero-order chi connectivity index (χ0) is 22.3. The van der Waals surface area contributed by atoms with Gasteiger partial charge in [0.05, 0.1) is 17.0 Å². The molecule has 2 heterocycles. The number of alkyl halides is 3. The molecule has 0 aliphatic heterocycles. The smallest absolute Gasteiger partial charge is 0.416 e. The van der Waals surface area contributed by atoms with Crippen LogP contribution in [-0.4, -0.2) is 15.2 Å². The van der Waals surface area contributed by atoms with Crippen LogP contribution in [0.2, 0.25) is 0 Å². The molecule has 0 spiro atoms. The first-order chi connectivity index (χ1) is 14.6. The molecule has 162 valence electrons. The molecule has 31 heavy (non-hydrogen) atoms. The van der Waals surface area contributed by atoms with Gasteiger partial charge in [-0.25, -0.2) is 4.98 Å². The van der Waals surface area contributed by atoms with Gasteiger partial charge in [-0.3, -0.25) is 0 Å². The molecule has 2 aromatic carbocycles. The normalized spacial score (nSPS) is 12.2. The van der Waals surface area contributed by atoms with E-state index in [9.17, 15) is 18.3 Å². The van der Waals surface area contributed by atoms with Crippen LogP contribution in [-0.2, 0) is 19.0 Å². The summed E-state index contributed by atoms with van der Waals surface area (Å²) >= 11 is 1.50. The Morgan fingerprint density at radius 3 is 2.45 bits per heavy atom. The molecule has 0 atom stereocenters. The summed E-state index contributed by atoms with van der Waals surface area (Å²) in [5.74, 6) is 0.351. The Labute approximate surface area is 181 Å². The van der Waals surface area contributed by atoms with E-state index in [0.29, 0.717) is 29.0 Å². The van der Waals surface area contributed by atoms with Crippen molar-refractivity contribution < 1.29 is 22.8 Å².